The number of hydrogen-bond acceptors (Lipinski definition) is 3. The quantitative estimate of drug-likeness (QED) is 0.872. The van der Waals surface area contributed by atoms with Crippen LogP contribution in [0.2, 0.25) is 0 Å². The maximum Gasteiger partial charge on any atom is 0.156 e. The van der Waals surface area contributed by atoms with Crippen LogP contribution >= 0.6 is 0 Å². The summed E-state index contributed by atoms with van der Waals surface area (Å²) in [5, 5.41) is 7.88. The van der Waals surface area contributed by atoms with Gasteiger partial charge >= 0.3 is 0 Å². The van der Waals surface area contributed by atoms with E-state index in [0.717, 1.165) is 16.8 Å². The second kappa shape index (κ2) is 4.07. The minimum Gasteiger partial charge on any atom is -0.455 e. The molecule has 0 saturated carbocycles. The van der Waals surface area contributed by atoms with Gasteiger partial charge in [0.25, 0.3) is 0 Å². The van der Waals surface area contributed by atoms with Gasteiger partial charge in [-0.2, -0.15) is 0 Å². The molecule has 4 heteroatoms. The summed E-state index contributed by atoms with van der Waals surface area (Å²) in [7, 11) is 0. The molecule has 18 heavy (non-hydrogen) atoms. The summed E-state index contributed by atoms with van der Waals surface area (Å²) in [4.78, 5) is 8.16. The van der Waals surface area contributed by atoms with Crippen molar-refractivity contribution in [3.05, 3.63) is 53.9 Å². The molecule has 0 bridgehead atoms. The van der Waals surface area contributed by atoms with Crippen LogP contribution in [0.4, 0.5) is 0 Å². The fourth-order valence-corrected chi connectivity index (χ4v) is 1.98. The first-order valence-corrected chi connectivity index (χ1v) is 5.61. The molecule has 3 rings (SSSR count). The lowest BCUT2D eigenvalue weighted by molar-refractivity contribution is 0.479. The van der Waals surface area contributed by atoms with Crippen molar-refractivity contribution in [1.29, 1.82) is 5.41 Å². The van der Waals surface area contributed by atoms with Gasteiger partial charge in [0.05, 0.1) is 11.8 Å². The standard InChI is InChI=1S/C14H11N3O/c1-9-11-5-2-6-12(13(11)14(15)17-9)18-10-4-3-7-16-8-10/h2-8,15H,1H3. The number of benzene rings is 1. The molecule has 0 amide bonds. The number of hydrogen-bond donors (Lipinski definition) is 1. The minimum atomic E-state index is 0.252. The van der Waals surface area contributed by atoms with E-state index in [1.807, 2.05) is 37.3 Å². The van der Waals surface area contributed by atoms with Crippen molar-refractivity contribution in [3.8, 4) is 11.5 Å². The summed E-state index contributed by atoms with van der Waals surface area (Å²) in [6, 6.07) is 9.34. The lowest BCUT2D eigenvalue weighted by Gasteiger charge is -2.09. The summed E-state index contributed by atoms with van der Waals surface area (Å²) < 4.78 is 5.76. The van der Waals surface area contributed by atoms with Gasteiger partial charge < -0.3 is 4.74 Å². The molecule has 0 spiro atoms. The van der Waals surface area contributed by atoms with E-state index in [2.05, 4.69) is 9.98 Å². The highest BCUT2D eigenvalue weighted by atomic mass is 16.5. The number of pyridine rings is 1. The molecule has 1 aliphatic heterocycles. The van der Waals surface area contributed by atoms with Gasteiger partial charge in [0.1, 0.15) is 11.5 Å². The van der Waals surface area contributed by atoms with Crippen molar-refractivity contribution in [2.24, 2.45) is 4.99 Å². The molecule has 0 aliphatic carbocycles. The van der Waals surface area contributed by atoms with Crippen LogP contribution in [0.15, 0.2) is 47.7 Å². The van der Waals surface area contributed by atoms with Crippen LogP contribution in [0.5, 0.6) is 11.5 Å². The van der Waals surface area contributed by atoms with E-state index in [9.17, 15) is 0 Å². The fraction of sp³-hybridized carbons (Fsp3) is 0.0714. The highest BCUT2D eigenvalue weighted by Gasteiger charge is 2.21. The van der Waals surface area contributed by atoms with Crippen LogP contribution in [0.3, 0.4) is 0 Å². The van der Waals surface area contributed by atoms with Crippen molar-refractivity contribution in [2.75, 3.05) is 0 Å². The van der Waals surface area contributed by atoms with E-state index in [0.29, 0.717) is 11.5 Å². The Morgan fingerprint density at radius 2 is 2.06 bits per heavy atom. The van der Waals surface area contributed by atoms with Crippen LogP contribution in [-0.2, 0) is 0 Å². The molecule has 1 N–H and O–H groups in total. The number of rotatable bonds is 2. The molecule has 0 fully saturated rings. The van der Waals surface area contributed by atoms with E-state index < -0.39 is 0 Å². The predicted molar refractivity (Wildman–Crippen MR) is 69.8 cm³/mol. The molecule has 2 aromatic rings. The van der Waals surface area contributed by atoms with Crippen molar-refractivity contribution >= 4 is 11.5 Å². The van der Waals surface area contributed by atoms with Crippen molar-refractivity contribution in [1.82, 2.24) is 4.98 Å². The molecule has 0 saturated heterocycles. The Labute approximate surface area is 104 Å². The highest BCUT2D eigenvalue weighted by Crippen LogP contribution is 2.31. The first kappa shape index (κ1) is 10.7. The van der Waals surface area contributed by atoms with E-state index >= 15 is 0 Å². The van der Waals surface area contributed by atoms with E-state index in [1.165, 1.54) is 0 Å². The summed E-state index contributed by atoms with van der Waals surface area (Å²) in [6.07, 6.45) is 3.34. The Morgan fingerprint density at radius 1 is 1.17 bits per heavy atom. The highest BCUT2D eigenvalue weighted by molar-refractivity contribution is 6.22. The maximum absolute atomic E-state index is 7.88. The Kier molecular flexibility index (Phi) is 2.41. The summed E-state index contributed by atoms with van der Waals surface area (Å²) >= 11 is 0. The van der Waals surface area contributed by atoms with Gasteiger partial charge in [0, 0.05) is 17.5 Å². The zero-order valence-electron chi connectivity index (χ0n) is 9.84. The minimum absolute atomic E-state index is 0.252. The Balaban J connectivity index is 2.04. The topological polar surface area (TPSA) is 58.3 Å². The molecule has 1 aromatic heterocycles. The summed E-state index contributed by atoms with van der Waals surface area (Å²) in [6.45, 7) is 1.90. The van der Waals surface area contributed by atoms with Crippen LogP contribution < -0.4 is 4.74 Å². The second-order valence-electron chi connectivity index (χ2n) is 4.02. The zero-order chi connectivity index (χ0) is 12.5. The van der Waals surface area contributed by atoms with E-state index in [-0.39, 0.29) is 5.84 Å². The molecule has 0 radical (unpaired) electrons. The second-order valence-corrected chi connectivity index (χ2v) is 4.02. The molecule has 0 unspecified atom stereocenters. The van der Waals surface area contributed by atoms with Crippen molar-refractivity contribution in [3.63, 3.8) is 0 Å². The molecular formula is C14H11N3O. The van der Waals surface area contributed by atoms with Crippen LogP contribution in [0, 0.1) is 5.41 Å². The Hall–Kier alpha value is -2.49. The first-order valence-electron chi connectivity index (χ1n) is 5.61. The first-order chi connectivity index (χ1) is 8.75. The average Bonchev–Trinajstić information content (AvgIpc) is 2.67. The lowest BCUT2D eigenvalue weighted by Crippen LogP contribution is -1.98. The molecule has 1 aromatic carbocycles. The van der Waals surface area contributed by atoms with Gasteiger partial charge in [-0.3, -0.25) is 10.4 Å². The van der Waals surface area contributed by atoms with E-state index in [4.69, 9.17) is 10.1 Å². The molecule has 2 heterocycles. The Bertz CT molecular complexity index is 647. The fourth-order valence-electron chi connectivity index (χ4n) is 1.98. The van der Waals surface area contributed by atoms with Crippen molar-refractivity contribution < 1.29 is 4.74 Å². The van der Waals surface area contributed by atoms with Gasteiger partial charge in [0.15, 0.2) is 5.84 Å². The largest absolute Gasteiger partial charge is 0.455 e. The summed E-state index contributed by atoms with van der Waals surface area (Å²) in [5.74, 6) is 1.55. The van der Waals surface area contributed by atoms with Gasteiger partial charge in [-0.25, -0.2) is 4.99 Å². The van der Waals surface area contributed by atoms with Gasteiger partial charge in [-0.05, 0) is 25.1 Å². The maximum atomic E-state index is 7.88. The number of fused-ring (bicyclic) bond motifs is 1. The normalized spacial score (nSPS) is 13.2. The van der Waals surface area contributed by atoms with Gasteiger partial charge in [0.2, 0.25) is 0 Å². The smallest absolute Gasteiger partial charge is 0.156 e. The van der Waals surface area contributed by atoms with Gasteiger partial charge in [-0.15, -0.1) is 0 Å². The number of aliphatic imine (C=N–C) groups is 1. The van der Waals surface area contributed by atoms with Crippen molar-refractivity contribution in [2.45, 2.75) is 6.92 Å². The number of aromatic nitrogens is 1. The molecule has 0 atom stereocenters. The number of amidine groups is 1. The van der Waals surface area contributed by atoms with Gasteiger partial charge in [-0.1, -0.05) is 12.1 Å². The molecule has 88 valence electrons. The van der Waals surface area contributed by atoms with E-state index in [1.54, 1.807) is 12.4 Å². The monoisotopic (exact) mass is 237 g/mol. The number of nitrogens with one attached hydrogen (secondary N) is 1. The third-order valence-electron chi connectivity index (χ3n) is 2.79. The van der Waals surface area contributed by atoms with Crippen LogP contribution in [0.25, 0.3) is 0 Å². The number of ether oxygens (including phenoxy) is 1. The predicted octanol–water partition coefficient (Wildman–Crippen LogP) is 3.02. The third kappa shape index (κ3) is 1.68. The zero-order valence-corrected chi connectivity index (χ0v) is 9.84. The van der Waals surface area contributed by atoms with Crippen LogP contribution in [-0.4, -0.2) is 16.5 Å². The Morgan fingerprint density at radius 3 is 2.83 bits per heavy atom. The number of nitrogens with zero attached hydrogens (tertiary/aromatic N) is 2. The molecule has 1 aliphatic rings. The summed E-state index contributed by atoms with van der Waals surface area (Å²) in [5.41, 5.74) is 2.56. The molecular weight excluding hydrogens is 226 g/mol. The SMILES string of the molecule is CC1=NC(=N)c2c(Oc3cccnc3)cccc21. The third-order valence-corrected chi connectivity index (χ3v) is 2.79. The average molecular weight is 237 g/mol. The molecule has 4 nitrogen and oxygen atoms in total. The lowest BCUT2D eigenvalue weighted by atomic mass is 10.1. The van der Waals surface area contributed by atoms with Crippen LogP contribution in [0.1, 0.15) is 18.1 Å².